The van der Waals surface area contributed by atoms with Gasteiger partial charge in [-0.3, -0.25) is 0 Å². The predicted octanol–water partition coefficient (Wildman–Crippen LogP) is 3.06. The minimum Gasteiger partial charge on any atom is -0.361 e. The molecule has 0 saturated heterocycles. The van der Waals surface area contributed by atoms with Crippen molar-refractivity contribution in [2.24, 2.45) is 5.92 Å². The highest BCUT2D eigenvalue weighted by atomic mass is 14.9. The van der Waals surface area contributed by atoms with Gasteiger partial charge in [0.2, 0.25) is 0 Å². The molecule has 2 nitrogen and oxygen atoms in total. The predicted molar refractivity (Wildman–Crippen MR) is 67.3 cm³/mol. The molecule has 1 heterocycles. The molecule has 2 N–H and O–H groups in total. The maximum Gasteiger partial charge on any atom is 0.0499 e. The summed E-state index contributed by atoms with van der Waals surface area (Å²) >= 11 is 0. The summed E-state index contributed by atoms with van der Waals surface area (Å²) in [5.41, 5.74) is 2.65. The van der Waals surface area contributed by atoms with Gasteiger partial charge in [0, 0.05) is 24.3 Å². The third kappa shape index (κ3) is 1.85. The lowest BCUT2D eigenvalue weighted by Gasteiger charge is -2.13. The van der Waals surface area contributed by atoms with E-state index in [1.807, 2.05) is 6.20 Å². The second kappa shape index (κ2) is 3.95. The Balaban J connectivity index is 1.75. The van der Waals surface area contributed by atoms with E-state index in [1.165, 1.54) is 29.3 Å². The largest absolute Gasteiger partial charge is 0.361 e. The van der Waals surface area contributed by atoms with Gasteiger partial charge >= 0.3 is 0 Å². The molecule has 2 aromatic rings. The lowest BCUT2D eigenvalue weighted by Crippen LogP contribution is -2.27. The van der Waals surface area contributed by atoms with Crippen LogP contribution in [0.25, 0.3) is 10.9 Å². The van der Waals surface area contributed by atoms with Crippen molar-refractivity contribution in [2.75, 3.05) is 0 Å². The molecule has 1 aliphatic carbocycles. The van der Waals surface area contributed by atoms with Gasteiger partial charge in [0.1, 0.15) is 0 Å². The number of fused-ring (bicyclic) bond motifs is 1. The number of nitrogens with one attached hydrogen (secondary N) is 2. The van der Waals surface area contributed by atoms with Crippen LogP contribution in [0.1, 0.15) is 25.3 Å². The highest BCUT2D eigenvalue weighted by Crippen LogP contribution is 2.32. The molecule has 1 fully saturated rings. The summed E-state index contributed by atoms with van der Waals surface area (Å²) in [6.45, 7) is 3.27. The number of hydrogen-bond donors (Lipinski definition) is 2. The second-order valence-electron chi connectivity index (χ2n) is 4.87. The molecule has 2 heteroatoms. The fourth-order valence-corrected chi connectivity index (χ4v) is 2.33. The molecule has 0 bridgehead atoms. The summed E-state index contributed by atoms with van der Waals surface area (Å²) in [5, 5.41) is 4.93. The minimum absolute atomic E-state index is 0.658. The maximum atomic E-state index is 3.62. The van der Waals surface area contributed by atoms with Crippen molar-refractivity contribution in [1.29, 1.82) is 0 Å². The molecule has 1 unspecified atom stereocenters. The van der Waals surface area contributed by atoms with Gasteiger partial charge in [-0.05, 0) is 42.7 Å². The number of hydrogen-bond acceptors (Lipinski definition) is 1. The Morgan fingerprint density at radius 2 is 2.25 bits per heavy atom. The van der Waals surface area contributed by atoms with Gasteiger partial charge in [0.05, 0.1) is 0 Å². The molecular weight excluding hydrogens is 196 g/mol. The average molecular weight is 214 g/mol. The van der Waals surface area contributed by atoms with E-state index >= 15 is 0 Å². The fraction of sp³-hybridized carbons (Fsp3) is 0.429. The molecule has 1 saturated carbocycles. The van der Waals surface area contributed by atoms with Crippen molar-refractivity contribution in [2.45, 2.75) is 32.4 Å². The quantitative estimate of drug-likeness (QED) is 0.804. The Hall–Kier alpha value is -1.28. The molecule has 16 heavy (non-hydrogen) atoms. The van der Waals surface area contributed by atoms with Gasteiger partial charge in [-0.2, -0.15) is 0 Å². The molecule has 0 spiro atoms. The molecule has 0 amide bonds. The van der Waals surface area contributed by atoms with E-state index in [1.54, 1.807) is 0 Å². The van der Waals surface area contributed by atoms with Gasteiger partial charge < -0.3 is 10.3 Å². The van der Waals surface area contributed by atoms with Gasteiger partial charge in [-0.25, -0.2) is 0 Å². The van der Waals surface area contributed by atoms with Gasteiger partial charge in [-0.15, -0.1) is 0 Å². The van der Waals surface area contributed by atoms with E-state index in [2.05, 4.69) is 41.5 Å². The van der Waals surface area contributed by atoms with Crippen LogP contribution >= 0.6 is 0 Å². The standard InChI is InChI=1S/C14H18N2/c1-10(11-5-6-11)16-9-13-4-2-3-12-7-8-15-14(12)13/h2-4,7-8,10-11,15-16H,5-6,9H2,1H3. The zero-order valence-corrected chi connectivity index (χ0v) is 9.66. The molecule has 1 aromatic carbocycles. The Morgan fingerprint density at radius 3 is 3.06 bits per heavy atom. The highest BCUT2D eigenvalue weighted by molar-refractivity contribution is 5.82. The van der Waals surface area contributed by atoms with E-state index in [0.29, 0.717) is 6.04 Å². The van der Waals surface area contributed by atoms with Crippen LogP contribution in [-0.2, 0) is 6.54 Å². The van der Waals surface area contributed by atoms with Crippen LogP contribution in [0.2, 0.25) is 0 Å². The first-order chi connectivity index (χ1) is 7.84. The summed E-state index contributed by atoms with van der Waals surface area (Å²) in [5.74, 6) is 0.919. The molecule has 0 aliphatic heterocycles. The lowest BCUT2D eigenvalue weighted by atomic mass is 10.1. The van der Waals surface area contributed by atoms with Crippen LogP contribution in [0.4, 0.5) is 0 Å². The second-order valence-corrected chi connectivity index (χ2v) is 4.87. The topological polar surface area (TPSA) is 27.8 Å². The van der Waals surface area contributed by atoms with Crippen molar-refractivity contribution < 1.29 is 0 Å². The Kier molecular flexibility index (Phi) is 2.44. The van der Waals surface area contributed by atoms with Crippen molar-refractivity contribution in [3.05, 3.63) is 36.0 Å². The van der Waals surface area contributed by atoms with Gasteiger partial charge in [-0.1, -0.05) is 18.2 Å². The molecule has 0 radical (unpaired) electrons. The monoisotopic (exact) mass is 214 g/mol. The van der Waals surface area contributed by atoms with Crippen molar-refractivity contribution >= 4 is 10.9 Å². The van der Waals surface area contributed by atoms with E-state index in [0.717, 1.165) is 12.5 Å². The molecule has 1 aliphatic rings. The Labute approximate surface area is 96.1 Å². The van der Waals surface area contributed by atoms with Crippen molar-refractivity contribution in [1.82, 2.24) is 10.3 Å². The van der Waals surface area contributed by atoms with Gasteiger partial charge in [0.25, 0.3) is 0 Å². The van der Waals surface area contributed by atoms with Crippen LogP contribution in [-0.4, -0.2) is 11.0 Å². The van der Waals surface area contributed by atoms with Crippen LogP contribution in [0, 0.1) is 5.92 Å². The first kappa shape index (κ1) is 9.91. The van der Waals surface area contributed by atoms with Crippen molar-refractivity contribution in [3.63, 3.8) is 0 Å². The molecule has 3 rings (SSSR count). The SMILES string of the molecule is CC(NCc1cccc2cc[nH]c12)C1CC1. The number of benzene rings is 1. The number of rotatable bonds is 4. The zero-order chi connectivity index (χ0) is 11.0. The first-order valence-corrected chi connectivity index (χ1v) is 6.13. The normalized spacial score (nSPS) is 17.8. The minimum atomic E-state index is 0.658. The van der Waals surface area contributed by atoms with E-state index in [-0.39, 0.29) is 0 Å². The number of aromatic amines is 1. The average Bonchev–Trinajstić information content (AvgIpc) is 3.04. The first-order valence-electron chi connectivity index (χ1n) is 6.13. The van der Waals surface area contributed by atoms with Gasteiger partial charge in [0.15, 0.2) is 0 Å². The molecular formula is C14H18N2. The van der Waals surface area contributed by atoms with E-state index in [4.69, 9.17) is 0 Å². The fourth-order valence-electron chi connectivity index (χ4n) is 2.33. The molecule has 1 aromatic heterocycles. The van der Waals surface area contributed by atoms with E-state index in [9.17, 15) is 0 Å². The van der Waals surface area contributed by atoms with Crippen LogP contribution in [0.3, 0.4) is 0 Å². The molecule has 84 valence electrons. The third-order valence-corrected chi connectivity index (χ3v) is 3.62. The Morgan fingerprint density at radius 1 is 1.38 bits per heavy atom. The maximum absolute atomic E-state index is 3.62. The summed E-state index contributed by atoms with van der Waals surface area (Å²) in [6.07, 6.45) is 4.82. The van der Waals surface area contributed by atoms with Crippen LogP contribution in [0.5, 0.6) is 0 Å². The summed E-state index contributed by atoms with van der Waals surface area (Å²) in [7, 11) is 0. The van der Waals surface area contributed by atoms with Crippen molar-refractivity contribution in [3.8, 4) is 0 Å². The smallest absolute Gasteiger partial charge is 0.0499 e. The number of H-pyrrole nitrogens is 1. The summed E-state index contributed by atoms with van der Waals surface area (Å²) in [4.78, 5) is 3.32. The third-order valence-electron chi connectivity index (χ3n) is 3.62. The zero-order valence-electron chi connectivity index (χ0n) is 9.66. The lowest BCUT2D eigenvalue weighted by molar-refractivity contribution is 0.497. The number of aromatic nitrogens is 1. The van der Waals surface area contributed by atoms with Crippen LogP contribution in [0.15, 0.2) is 30.5 Å². The van der Waals surface area contributed by atoms with Crippen LogP contribution < -0.4 is 5.32 Å². The summed E-state index contributed by atoms with van der Waals surface area (Å²) in [6, 6.07) is 9.27. The summed E-state index contributed by atoms with van der Waals surface area (Å²) < 4.78 is 0. The van der Waals surface area contributed by atoms with E-state index < -0.39 is 0 Å². The number of para-hydroxylation sites is 1. The highest BCUT2D eigenvalue weighted by Gasteiger charge is 2.27. The molecule has 1 atom stereocenters. The Bertz CT molecular complexity index is 482.